The number of methoxy groups -OCH3 is 2. The minimum absolute atomic E-state index is 0. The molecule has 0 fully saturated rings. The molecule has 0 radical (unpaired) electrons. The second-order valence-corrected chi connectivity index (χ2v) is 19.9. The van der Waals surface area contributed by atoms with E-state index in [9.17, 15) is 30.7 Å². The molecular formula is C47H52N2NaO9S2+. The summed E-state index contributed by atoms with van der Waals surface area (Å²) in [6.07, 6.45) is 9.05. The van der Waals surface area contributed by atoms with Crippen molar-refractivity contribution in [2.45, 2.75) is 64.2 Å². The van der Waals surface area contributed by atoms with E-state index in [1.165, 1.54) is 7.11 Å². The Morgan fingerprint density at radius 3 is 2.10 bits per heavy atom. The molecule has 0 saturated heterocycles. The third kappa shape index (κ3) is 9.34. The second kappa shape index (κ2) is 18.0. The largest absolute Gasteiger partial charge is 1.00 e. The quantitative estimate of drug-likeness (QED) is 0.0818. The van der Waals surface area contributed by atoms with Gasteiger partial charge >= 0.3 is 35.5 Å². The van der Waals surface area contributed by atoms with Gasteiger partial charge in [0, 0.05) is 53.2 Å². The molecule has 316 valence electrons. The van der Waals surface area contributed by atoms with E-state index in [4.69, 9.17) is 9.47 Å². The minimum Gasteiger partial charge on any atom is -0.748 e. The van der Waals surface area contributed by atoms with Gasteiger partial charge in [0.15, 0.2) is 5.71 Å². The van der Waals surface area contributed by atoms with Crippen molar-refractivity contribution >= 4 is 64.8 Å². The maximum Gasteiger partial charge on any atom is 1.00 e. The van der Waals surface area contributed by atoms with Crippen LogP contribution in [0.4, 0.5) is 11.4 Å². The van der Waals surface area contributed by atoms with Crippen molar-refractivity contribution in [3.63, 3.8) is 0 Å². The molecule has 0 spiro atoms. The van der Waals surface area contributed by atoms with E-state index in [0.29, 0.717) is 31.7 Å². The fraction of sp³-hybridized carbons (Fsp3) is 0.362. The molecule has 0 saturated carbocycles. The van der Waals surface area contributed by atoms with Crippen LogP contribution in [0.3, 0.4) is 0 Å². The number of hydrogen-bond acceptors (Lipinski definition) is 9. The van der Waals surface area contributed by atoms with E-state index in [2.05, 4.69) is 79.6 Å². The van der Waals surface area contributed by atoms with Crippen LogP contribution in [0.2, 0.25) is 0 Å². The summed E-state index contributed by atoms with van der Waals surface area (Å²) >= 11 is 0. The van der Waals surface area contributed by atoms with Crippen LogP contribution in [0.1, 0.15) is 64.5 Å². The van der Waals surface area contributed by atoms with E-state index in [0.717, 1.165) is 66.6 Å². The van der Waals surface area contributed by atoms with Crippen LogP contribution in [-0.2, 0) is 45.3 Å². The van der Waals surface area contributed by atoms with Gasteiger partial charge in [-0.15, -0.1) is 0 Å². The Morgan fingerprint density at radius 2 is 1.48 bits per heavy atom. The van der Waals surface area contributed by atoms with Crippen molar-refractivity contribution in [3.8, 4) is 0 Å². The van der Waals surface area contributed by atoms with Crippen LogP contribution in [0.25, 0.3) is 21.5 Å². The number of nitrogens with zero attached hydrogens (tertiary/aromatic N) is 2. The Hall–Kier alpha value is -4.08. The van der Waals surface area contributed by atoms with Gasteiger partial charge in [-0.3, -0.25) is 9.35 Å². The van der Waals surface area contributed by atoms with E-state index < -0.39 is 42.7 Å². The molecule has 0 amide bonds. The minimum atomic E-state index is -4.42. The van der Waals surface area contributed by atoms with Crippen molar-refractivity contribution in [3.05, 3.63) is 131 Å². The number of carbonyl (C=O) groups is 1. The van der Waals surface area contributed by atoms with Crippen molar-refractivity contribution in [1.29, 1.82) is 0 Å². The zero-order chi connectivity index (χ0) is 43.2. The summed E-state index contributed by atoms with van der Waals surface area (Å²) < 4.78 is 81.7. The zero-order valence-electron chi connectivity index (χ0n) is 35.9. The molecule has 4 aromatic carbocycles. The maximum atomic E-state index is 13.3. The van der Waals surface area contributed by atoms with Gasteiger partial charge in [-0.1, -0.05) is 74.5 Å². The van der Waals surface area contributed by atoms with Crippen LogP contribution in [0, 0.1) is 5.92 Å². The number of fused-ring (bicyclic) bond motifs is 6. The normalized spacial score (nSPS) is 19.9. The predicted molar refractivity (Wildman–Crippen MR) is 235 cm³/mol. The first-order valence-corrected chi connectivity index (χ1v) is 23.3. The Kier molecular flexibility index (Phi) is 13.7. The summed E-state index contributed by atoms with van der Waals surface area (Å²) in [6, 6.07) is 24.5. The predicted octanol–water partition coefficient (Wildman–Crippen LogP) is 5.23. The van der Waals surface area contributed by atoms with Crippen LogP contribution in [-0.4, -0.2) is 81.0 Å². The Balaban J connectivity index is 0.00000622. The number of anilines is 1. The smallest absolute Gasteiger partial charge is 0.748 e. The molecule has 14 heteroatoms. The van der Waals surface area contributed by atoms with Gasteiger partial charge in [0.1, 0.15) is 12.3 Å². The van der Waals surface area contributed by atoms with E-state index in [1.807, 2.05) is 54.6 Å². The number of ether oxygens (including phenoxy) is 2. The Morgan fingerprint density at radius 1 is 0.836 bits per heavy atom. The molecule has 61 heavy (non-hydrogen) atoms. The number of allylic oxidation sites excluding steroid dienone is 7. The fourth-order valence-electron chi connectivity index (χ4n) is 9.59. The van der Waals surface area contributed by atoms with Gasteiger partial charge < -0.3 is 18.9 Å². The van der Waals surface area contributed by atoms with Crippen LogP contribution in [0.5, 0.6) is 0 Å². The molecule has 2 heterocycles. The third-order valence-electron chi connectivity index (χ3n) is 12.2. The summed E-state index contributed by atoms with van der Waals surface area (Å²) in [7, 11) is -5.60. The van der Waals surface area contributed by atoms with Crippen molar-refractivity contribution in [2.75, 3.05) is 43.7 Å². The molecule has 2 aliphatic heterocycles. The van der Waals surface area contributed by atoms with Gasteiger partial charge in [0.05, 0.1) is 41.4 Å². The molecule has 4 aromatic rings. The molecule has 7 rings (SSSR count). The molecule has 0 bridgehead atoms. The second-order valence-electron chi connectivity index (χ2n) is 16.8. The van der Waals surface area contributed by atoms with Crippen molar-refractivity contribution in [2.24, 2.45) is 5.92 Å². The molecule has 1 unspecified atom stereocenters. The number of rotatable bonds is 13. The van der Waals surface area contributed by atoms with Crippen LogP contribution < -0.4 is 34.5 Å². The average Bonchev–Trinajstić information content (AvgIpc) is 3.55. The molecule has 1 N–H and O–H groups in total. The number of hydrogen-bond donors (Lipinski definition) is 1. The number of benzene rings is 4. The Bertz CT molecular complexity index is 2780. The van der Waals surface area contributed by atoms with Crippen LogP contribution in [0.15, 0.2) is 120 Å². The summed E-state index contributed by atoms with van der Waals surface area (Å²) in [5.41, 5.74) is 6.47. The van der Waals surface area contributed by atoms with Crippen molar-refractivity contribution < 1.29 is 74.3 Å². The summed E-state index contributed by atoms with van der Waals surface area (Å²) in [6.45, 7) is 9.21. The van der Waals surface area contributed by atoms with Gasteiger partial charge in [-0.25, -0.2) is 8.42 Å². The first-order valence-electron chi connectivity index (χ1n) is 20.2. The molecule has 11 nitrogen and oxygen atoms in total. The van der Waals surface area contributed by atoms with E-state index in [-0.39, 0.29) is 54.1 Å². The maximum absolute atomic E-state index is 13.3. The zero-order valence-corrected chi connectivity index (χ0v) is 39.5. The topological polar surface area (TPSA) is 153 Å². The first kappa shape index (κ1) is 46.4. The number of carbonyl (C=O) groups excluding carboxylic acids is 1. The van der Waals surface area contributed by atoms with E-state index >= 15 is 0 Å². The molecule has 1 atom stereocenters. The summed E-state index contributed by atoms with van der Waals surface area (Å²) in [4.78, 5) is 15.4. The molecular weight excluding hydrogens is 824 g/mol. The monoisotopic (exact) mass is 875 g/mol. The van der Waals surface area contributed by atoms with Gasteiger partial charge in [0.2, 0.25) is 5.69 Å². The summed E-state index contributed by atoms with van der Waals surface area (Å²) in [5, 5.41) is 4.34. The van der Waals surface area contributed by atoms with E-state index in [1.54, 1.807) is 7.11 Å². The van der Waals surface area contributed by atoms with Gasteiger partial charge in [-0.05, 0) is 95.6 Å². The van der Waals surface area contributed by atoms with Gasteiger partial charge in [0.25, 0.3) is 10.1 Å². The average molecular weight is 876 g/mol. The SMILES string of the molecule is COC(=O)C1CC(=CC=C2N(CCCS(=O)(=O)O)c3ccc4ccccc4c3C2(C)C)C(OC)=C(C=CC2=[N+](CCCS(=O)(=O)[O-])c3ccc4ccccc4c3C2(C)C)C1.[Na+]. The summed E-state index contributed by atoms with van der Waals surface area (Å²) in [5.74, 6) is -1.11. The van der Waals surface area contributed by atoms with Crippen molar-refractivity contribution in [1.82, 2.24) is 0 Å². The molecule has 1 aliphatic carbocycles. The third-order valence-corrected chi connectivity index (χ3v) is 13.8. The van der Waals surface area contributed by atoms with Gasteiger partial charge in [-0.2, -0.15) is 13.0 Å². The van der Waals surface area contributed by atoms with Crippen LogP contribution >= 0.6 is 0 Å². The molecule has 3 aliphatic rings. The fourth-order valence-corrected chi connectivity index (χ4v) is 10.6. The number of esters is 1. The molecule has 0 aromatic heterocycles. The Labute approximate surface area is 381 Å². The standard InChI is InChI=1S/C47H52N2O9S2.Na/c1-46(2)40(48(25-11-27-59(51,52)53)38-21-17-31-13-7-9-15-36(31)42(38)46)23-19-33-29-35(45(50)58-6)30-34(44(33)57-5)20-24-41-47(3,4)43-37-16-10-8-14-32(37)18-22-39(43)49(41)26-12-28-60(54,55)56;/h7-10,13-24,35H,11-12,25-30H2,1-6H3,(H-,51,52,53,54,55,56);/q;+1. The first-order chi connectivity index (χ1) is 28.4.